The second-order valence-corrected chi connectivity index (χ2v) is 12.5. The van der Waals surface area contributed by atoms with Crippen molar-refractivity contribution in [2.24, 2.45) is 7.05 Å². The molecule has 0 N–H and O–H groups in total. The van der Waals surface area contributed by atoms with Crippen LogP contribution >= 0.6 is 15.9 Å². The van der Waals surface area contributed by atoms with Gasteiger partial charge in [-0.3, -0.25) is 0 Å². The summed E-state index contributed by atoms with van der Waals surface area (Å²) in [6, 6.07) is 11.5. The molecule has 6 rings (SSSR count). The number of hydrogen-bond acceptors (Lipinski definition) is 8. The maximum absolute atomic E-state index is 12.2. The van der Waals surface area contributed by atoms with Crippen LogP contribution in [0.15, 0.2) is 53.3 Å². The number of hydrogen-bond donors (Lipinski definition) is 0. The summed E-state index contributed by atoms with van der Waals surface area (Å²) in [4.78, 5) is 0. The van der Waals surface area contributed by atoms with Gasteiger partial charge in [0, 0.05) is 29.9 Å². The van der Waals surface area contributed by atoms with Gasteiger partial charge in [-0.1, -0.05) is 22.0 Å². The number of aryl methyl sites for hydroxylation is 1. The molecule has 0 radical (unpaired) electrons. The lowest BCUT2D eigenvalue weighted by atomic mass is 10.1. The second kappa shape index (κ2) is 10.9. The van der Waals surface area contributed by atoms with Crippen molar-refractivity contribution >= 4 is 47.8 Å². The molecule has 1 aliphatic heterocycles. The highest BCUT2D eigenvalue weighted by molar-refractivity contribution is 9.10. The minimum Gasteiger partial charge on any atom is -0.477 e. The first kappa shape index (κ1) is 26.8. The van der Waals surface area contributed by atoms with Crippen molar-refractivity contribution in [1.82, 2.24) is 28.7 Å². The Morgan fingerprint density at radius 1 is 1.05 bits per heavy atom. The van der Waals surface area contributed by atoms with Gasteiger partial charge in [-0.25, -0.2) is 17.8 Å². The molecule has 11 nitrogen and oxygen atoms in total. The van der Waals surface area contributed by atoms with Crippen LogP contribution in [0, 0.1) is 0 Å². The van der Waals surface area contributed by atoms with Crippen molar-refractivity contribution in [3.63, 3.8) is 0 Å². The average Bonchev–Trinajstić information content (AvgIpc) is 3.63. The van der Waals surface area contributed by atoms with Crippen LogP contribution in [-0.2, 0) is 21.8 Å². The minimum absolute atomic E-state index is 0.0174. The number of benzene rings is 2. The average molecular weight is 630 g/mol. The van der Waals surface area contributed by atoms with E-state index in [0.717, 1.165) is 62.7 Å². The molecule has 2 aromatic carbocycles. The molecule has 0 spiro atoms. The van der Waals surface area contributed by atoms with Gasteiger partial charge in [-0.15, -0.1) is 5.10 Å². The Bertz CT molecular complexity index is 1790. The summed E-state index contributed by atoms with van der Waals surface area (Å²) in [6.07, 6.45) is 8.52. The molecule has 1 fully saturated rings. The van der Waals surface area contributed by atoms with Crippen LogP contribution in [0.1, 0.15) is 31.9 Å². The zero-order valence-electron chi connectivity index (χ0n) is 22.2. The van der Waals surface area contributed by atoms with E-state index >= 15 is 0 Å². The SMILES string of the molecule is Cn1ncc(-c2ccc3c(cnn3C3CCCCO3)c2)c1OCCCOc1nn(S(C)(=O)=O)c2ccc(Br)cc12. The lowest BCUT2D eigenvalue weighted by molar-refractivity contribution is -0.0366. The van der Waals surface area contributed by atoms with E-state index < -0.39 is 10.0 Å². The van der Waals surface area contributed by atoms with Gasteiger partial charge in [0.2, 0.25) is 11.8 Å². The van der Waals surface area contributed by atoms with Crippen LogP contribution in [0.2, 0.25) is 0 Å². The van der Waals surface area contributed by atoms with Gasteiger partial charge in [0.15, 0.2) is 6.23 Å². The first-order valence-corrected chi connectivity index (χ1v) is 15.7. The Kier molecular flexibility index (Phi) is 7.27. The molecule has 1 atom stereocenters. The summed E-state index contributed by atoms with van der Waals surface area (Å²) in [7, 11) is -1.73. The van der Waals surface area contributed by atoms with Crippen molar-refractivity contribution in [3.8, 4) is 22.9 Å². The van der Waals surface area contributed by atoms with Gasteiger partial charge in [-0.2, -0.15) is 14.3 Å². The molecule has 5 aromatic rings. The number of ether oxygens (including phenoxy) is 3. The third kappa shape index (κ3) is 5.20. The van der Waals surface area contributed by atoms with E-state index in [4.69, 9.17) is 14.2 Å². The Balaban J connectivity index is 1.13. The quantitative estimate of drug-likeness (QED) is 0.212. The fourth-order valence-corrected chi connectivity index (χ4v) is 6.05. The second-order valence-electron chi connectivity index (χ2n) is 9.79. The van der Waals surface area contributed by atoms with Crippen molar-refractivity contribution in [1.29, 1.82) is 0 Å². The van der Waals surface area contributed by atoms with E-state index in [9.17, 15) is 8.42 Å². The fraction of sp³-hybridized carbons (Fsp3) is 0.370. The molecule has 210 valence electrons. The molecule has 3 aromatic heterocycles. The molecule has 13 heteroatoms. The van der Waals surface area contributed by atoms with Gasteiger partial charge >= 0.3 is 0 Å². The smallest absolute Gasteiger partial charge is 0.251 e. The molecule has 0 bridgehead atoms. The summed E-state index contributed by atoms with van der Waals surface area (Å²) in [5.74, 6) is 0.911. The monoisotopic (exact) mass is 628 g/mol. The van der Waals surface area contributed by atoms with Gasteiger partial charge in [0.1, 0.15) is 0 Å². The number of nitrogens with zero attached hydrogens (tertiary/aromatic N) is 6. The Labute approximate surface area is 239 Å². The van der Waals surface area contributed by atoms with E-state index in [-0.39, 0.29) is 12.1 Å². The fourth-order valence-electron chi connectivity index (χ4n) is 4.95. The third-order valence-electron chi connectivity index (χ3n) is 6.88. The summed E-state index contributed by atoms with van der Waals surface area (Å²) < 4.78 is 47.8. The zero-order valence-corrected chi connectivity index (χ0v) is 24.6. The van der Waals surface area contributed by atoms with Crippen LogP contribution in [-0.4, -0.2) is 63.2 Å². The van der Waals surface area contributed by atoms with Gasteiger partial charge in [0.25, 0.3) is 10.0 Å². The van der Waals surface area contributed by atoms with E-state index in [1.807, 2.05) is 17.9 Å². The van der Waals surface area contributed by atoms with E-state index in [2.05, 4.69) is 49.4 Å². The number of halogens is 1. The maximum atomic E-state index is 12.2. The molecule has 4 heterocycles. The van der Waals surface area contributed by atoms with E-state index in [0.29, 0.717) is 36.4 Å². The first-order chi connectivity index (χ1) is 19.3. The Hall–Kier alpha value is -3.42. The third-order valence-corrected chi connectivity index (χ3v) is 8.28. The summed E-state index contributed by atoms with van der Waals surface area (Å²) in [5.41, 5.74) is 3.37. The van der Waals surface area contributed by atoms with Gasteiger partial charge in [-0.05, 0) is 55.2 Å². The normalized spacial score (nSPS) is 16.1. The molecule has 1 unspecified atom stereocenters. The van der Waals surface area contributed by atoms with E-state index in [1.165, 1.54) is 0 Å². The summed E-state index contributed by atoms with van der Waals surface area (Å²) in [6.45, 7) is 1.44. The van der Waals surface area contributed by atoms with Crippen LogP contribution < -0.4 is 9.47 Å². The Morgan fingerprint density at radius 3 is 2.67 bits per heavy atom. The van der Waals surface area contributed by atoms with Crippen molar-refractivity contribution in [3.05, 3.63) is 53.3 Å². The molecule has 1 aliphatic rings. The van der Waals surface area contributed by atoms with Crippen molar-refractivity contribution in [2.45, 2.75) is 31.9 Å². The lowest BCUT2D eigenvalue weighted by Crippen LogP contribution is -2.18. The van der Waals surface area contributed by atoms with Crippen LogP contribution in [0.3, 0.4) is 0 Å². The summed E-state index contributed by atoms with van der Waals surface area (Å²) in [5, 5.41) is 14.8. The molecular formula is C27H29BrN6O5S. The van der Waals surface area contributed by atoms with Gasteiger partial charge < -0.3 is 14.2 Å². The van der Waals surface area contributed by atoms with Crippen LogP contribution in [0.25, 0.3) is 32.9 Å². The van der Waals surface area contributed by atoms with Crippen LogP contribution in [0.5, 0.6) is 11.8 Å². The van der Waals surface area contributed by atoms with Crippen molar-refractivity contribution < 1.29 is 22.6 Å². The maximum Gasteiger partial charge on any atom is 0.251 e. The highest BCUT2D eigenvalue weighted by Gasteiger charge is 2.20. The van der Waals surface area contributed by atoms with Crippen molar-refractivity contribution in [2.75, 3.05) is 26.1 Å². The predicted octanol–water partition coefficient (Wildman–Crippen LogP) is 4.90. The van der Waals surface area contributed by atoms with Crippen LogP contribution in [0.4, 0.5) is 0 Å². The molecule has 40 heavy (non-hydrogen) atoms. The van der Waals surface area contributed by atoms with Gasteiger partial charge in [0.05, 0.1) is 53.8 Å². The highest BCUT2D eigenvalue weighted by atomic mass is 79.9. The minimum atomic E-state index is -3.58. The molecule has 0 aliphatic carbocycles. The molecule has 0 amide bonds. The topological polar surface area (TPSA) is 115 Å². The molecule has 0 saturated carbocycles. The number of rotatable bonds is 9. The molecular weight excluding hydrogens is 600 g/mol. The standard InChI is InChI=1S/C27H29BrN6O5S/c1-32-27(39-13-5-12-38-26-21-15-20(28)8-10-24(21)34(31-26)40(2,35)36)22(17-29-32)18-7-9-23-19(14-18)16-30-33(23)25-6-3-4-11-37-25/h7-10,14-17,25H,3-6,11-13H2,1-2H3. The number of aromatic nitrogens is 6. The highest BCUT2D eigenvalue weighted by Crippen LogP contribution is 2.34. The first-order valence-electron chi connectivity index (χ1n) is 13.1. The number of fused-ring (bicyclic) bond motifs is 2. The summed E-state index contributed by atoms with van der Waals surface area (Å²) >= 11 is 3.43. The lowest BCUT2D eigenvalue weighted by Gasteiger charge is -2.23. The molecule has 1 saturated heterocycles. The largest absolute Gasteiger partial charge is 0.477 e. The van der Waals surface area contributed by atoms with E-state index in [1.54, 1.807) is 29.1 Å². The zero-order chi connectivity index (χ0) is 27.9. The Morgan fingerprint density at radius 2 is 1.88 bits per heavy atom. The predicted molar refractivity (Wildman–Crippen MR) is 154 cm³/mol.